The number of hydrogen-bond acceptors (Lipinski definition) is 5. The number of benzene rings is 1. The molecule has 3 aromatic heterocycles. The fourth-order valence-corrected chi connectivity index (χ4v) is 3.18. The van der Waals surface area contributed by atoms with Gasteiger partial charge in [-0.2, -0.15) is 0 Å². The summed E-state index contributed by atoms with van der Waals surface area (Å²) in [7, 11) is 1.58. The van der Waals surface area contributed by atoms with E-state index in [9.17, 15) is 9.59 Å². The third-order valence-electron chi connectivity index (χ3n) is 4.28. The number of nitrogens with zero attached hydrogens (tertiary/aromatic N) is 1. The molecule has 0 aliphatic rings. The number of furan rings is 1. The minimum Gasteiger partial charge on any atom is -0.497 e. The Labute approximate surface area is 157 Å². The van der Waals surface area contributed by atoms with E-state index < -0.39 is 0 Å². The van der Waals surface area contributed by atoms with Crippen molar-refractivity contribution >= 4 is 40.1 Å². The number of ether oxygens (including phenoxy) is 1. The van der Waals surface area contributed by atoms with Crippen molar-refractivity contribution in [2.75, 3.05) is 7.11 Å². The van der Waals surface area contributed by atoms with Gasteiger partial charge < -0.3 is 24.4 Å². The lowest BCUT2D eigenvalue weighted by Gasteiger charge is -2.07. The number of aromatic nitrogens is 3. The number of hydrogen-bond donors (Lipinski definition) is 3. The standard InChI is InChI=1S/C18H16N4O4S/c1-25-10-4-5-13-12(7-10)15-16(20-13)17(24)22(18(27)21-15)9-14(23)19-8-11-3-2-6-26-11/h2-7,20H,8-9H2,1H3,(H,19,23)(H,21,27). The zero-order valence-electron chi connectivity index (χ0n) is 14.4. The highest BCUT2D eigenvalue weighted by Crippen LogP contribution is 2.25. The van der Waals surface area contributed by atoms with Crippen LogP contribution in [0.1, 0.15) is 5.76 Å². The van der Waals surface area contributed by atoms with Gasteiger partial charge in [0.05, 0.1) is 25.4 Å². The summed E-state index contributed by atoms with van der Waals surface area (Å²) in [5, 5.41) is 3.49. The Morgan fingerprint density at radius 3 is 2.89 bits per heavy atom. The Morgan fingerprint density at radius 2 is 2.15 bits per heavy atom. The maximum atomic E-state index is 12.9. The van der Waals surface area contributed by atoms with Gasteiger partial charge in [-0.05, 0) is 42.5 Å². The van der Waals surface area contributed by atoms with Crippen molar-refractivity contribution in [2.24, 2.45) is 0 Å². The normalized spacial score (nSPS) is 11.1. The maximum Gasteiger partial charge on any atom is 0.279 e. The highest BCUT2D eigenvalue weighted by molar-refractivity contribution is 7.71. The Morgan fingerprint density at radius 1 is 1.30 bits per heavy atom. The lowest BCUT2D eigenvalue weighted by Crippen LogP contribution is -2.32. The van der Waals surface area contributed by atoms with Crippen LogP contribution in [0.15, 0.2) is 45.8 Å². The van der Waals surface area contributed by atoms with Crippen LogP contribution in [0.4, 0.5) is 0 Å². The molecule has 0 saturated carbocycles. The van der Waals surface area contributed by atoms with Gasteiger partial charge in [-0.1, -0.05) is 0 Å². The first-order chi connectivity index (χ1) is 13.1. The van der Waals surface area contributed by atoms with Gasteiger partial charge in [-0.25, -0.2) is 0 Å². The fourth-order valence-electron chi connectivity index (χ4n) is 2.93. The van der Waals surface area contributed by atoms with E-state index in [1.54, 1.807) is 25.3 Å². The van der Waals surface area contributed by atoms with Crippen LogP contribution < -0.4 is 15.6 Å². The molecule has 0 saturated heterocycles. The molecule has 3 N–H and O–H groups in total. The average Bonchev–Trinajstić information content (AvgIpc) is 3.31. The van der Waals surface area contributed by atoms with Crippen molar-refractivity contribution in [1.82, 2.24) is 19.9 Å². The molecule has 3 heterocycles. The van der Waals surface area contributed by atoms with Gasteiger partial charge in [-0.15, -0.1) is 0 Å². The number of rotatable bonds is 5. The largest absolute Gasteiger partial charge is 0.497 e. The first kappa shape index (κ1) is 17.1. The van der Waals surface area contributed by atoms with Crippen molar-refractivity contribution in [1.29, 1.82) is 0 Å². The number of aromatic amines is 2. The number of H-pyrrole nitrogens is 2. The van der Waals surface area contributed by atoms with Gasteiger partial charge in [0.25, 0.3) is 5.56 Å². The summed E-state index contributed by atoms with van der Waals surface area (Å²) in [6.07, 6.45) is 1.53. The van der Waals surface area contributed by atoms with Gasteiger partial charge in [0.1, 0.15) is 23.6 Å². The highest BCUT2D eigenvalue weighted by atomic mass is 32.1. The van der Waals surface area contributed by atoms with Crippen LogP contribution >= 0.6 is 12.2 Å². The zero-order valence-corrected chi connectivity index (χ0v) is 15.2. The molecule has 1 aromatic carbocycles. The third-order valence-corrected chi connectivity index (χ3v) is 4.61. The first-order valence-corrected chi connectivity index (χ1v) is 8.59. The molecule has 4 rings (SSSR count). The number of nitrogens with one attached hydrogen (secondary N) is 3. The molecule has 0 unspecified atom stereocenters. The summed E-state index contributed by atoms with van der Waals surface area (Å²) in [5.74, 6) is 0.954. The topological polar surface area (TPSA) is 105 Å². The molecule has 0 fully saturated rings. The van der Waals surface area contributed by atoms with E-state index in [4.69, 9.17) is 21.4 Å². The Hall–Kier alpha value is -3.33. The summed E-state index contributed by atoms with van der Waals surface area (Å²) in [4.78, 5) is 31.2. The molecule has 0 spiro atoms. The smallest absolute Gasteiger partial charge is 0.279 e. The second-order valence-corrected chi connectivity index (χ2v) is 6.35. The van der Waals surface area contributed by atoms with E-state index in [0.717, 1.165) is 10.9 Å². The minimum absolute atomic E-state index is 0.171. The highest BCUT2D eigenvalue weighted by Gasteiger charge is 2.14. The Kier molecular flexibility index (Phi) is 4.28. The van der Waals surface area contributed by atoms with Crippen LogP contribution in [-0.4, -0.2) is 27.6 Å². The van der Waals surface area contributed by atoms with Crippen LogP contribution in [-0.2, 0) is 17.9 Å². The van der Waals surface area contributed by atoms with Crippen molar-refractivity contribution in [2.45, 2.75) is 13.1 Å². The summed E-state index contributed by atoms with van der Waals surface area (Å²) in [6.45, 7) is 0.0506. The van der Waals surface area contributed by atoms with Crippen LogP contribution in [0.2, 0.25) is 0 Å². The predicted molar refractivity (Wildman–Crippen MR) is 102 cm³/mol. The molecule has 0 atom stereocenters. The second-order valence-electron chi connectivity index (χ2n) is 5.96. The number of carbonyl (C=O) groups excluding carboxylic acids is 1. The van der Waals surface area contributed by atoms with E-state index in [1.807, 2.05) is 12.1 Å². The third kappa shape index (κ3) is 3.13. The summed E-state index contributed by atoms with van der Waals surface area (Å²) >= 11 is 5.30. The summed E-state index contributed by atoms with van der Waals surface area (Å²) in [6, 6.07) is 8.93. The molecule has 0 bridgehead atoms. The second kappa shape index (κ2) is 6.76. The van der Waals surface area contributed by atoms with Gasteiger partial charge in [-0.3, -0.25) is 14.2 Å². The monoisotopic (exact) mass is 384 g/mol. The SMILES string of the molecule is COc1ccc2[nH]c3c(=O)n(CC(=O)NCc4ccco4)c(=S)[nH]c3c2c1. The number of carbonyl (C=O) groups is 1. The first-order valence-electron chi connectivity index (χ1n) is 8.18. The number of amides is 1. The van der Waals surface area contributed by atoms with E-state index in [-0.39, 0.29) is 29.3 Å². The molecular formula is C18H16N4O4S. The van der Waals surface area contributed by atoms with Crippen LogP contribution in [0.25, 0.3) is 21.9 Å². The molecular weight excluding hydrogens is 368 g/mol. The Bertz CT molecular complexity index is 1250. The maximum absolute atomic E-state index is 12.9. The fraction of sp³-hybridized carbons (Fsp3) is 0.167. The number of fused-ring (bicyclic) bond motifs is 3. The summed E-state index contributed by atoms with van der Waals surface area (Å²) < 4.78 is 11.8. The van der Waals surface area contributed by atoms with E-state index in [1.165, 1.54) is 10.8 Å². The zero-order chi connectivity index (χ0) is 19.0. The Balaban J connectivity index is 1.69. The minimum atomic E-state index is -0.364. The molecule has 8 nitrogen and oxygen atoms in total. The van der Waals surface area contributed by atoms with Crippen LogP contribution in [0.3, 0.4) is 0 Å². The lowest BCUT2D eigenvalue weighted by molar-refractivity contribution is -0.122. The average molecular weight is 384 g/mol. The molecule has 9 heteroatoms. The van der Waals surface area contributed by atoms with E-state index >= 15 is 0 Å². The van der Waals surface area contributed by atoms with Crippen LogP contribution in [0, 0.1) is 4.77 Å². The van der Waals surface area contributed by atoms with Gasteiger partial charge in [0.15, 0.2) is 4.77 Å². The quantitative estimate of drug-likeness (QED) is 0.459. The van der Waals surface area contributed by atoms with Gasteiger partial charge in [0, 0.05) is 10.9 Å². The lowest BCUT2D eigenvalue weighted by atomic mass is 10.2. The van der Waals surface area contributed by atoms with Crippen molar-refractivity contribution in [3.8, 4) is 5.75 Å². The van der Waals surface area contributed by atoms with Crippen molar-refractivity contribution in [3.05, 3.63) is 57.5 Å². The molecule has 1 amide bonds. The van der Waals surface area contributed by atoms with Gasteiger partial charge >= 0.3 is 0 Å². The molecule has 0 aliphatic carbocycles. The van der Waals surface area contributed by atoms with E-state index in [0.29, 0.717) is 22.5 Å². The molecule has 0 aliphatic heterocycles. The van der Waals surface area contributed by atoms with E-state index in [2.05, 4.69) is 15.3 Å². The van der Waals surface area contributed by atoms with Crippen molar-refractivity contribution in [3.63, 3.8) is 0 Å². The predicted octanol–water partition coefficient (Wildman–Crippen LogP) is 2.46. The van der Waals surface area contributed by atoms with Crippen LogP contribution in [0.5, 0.6) is 5.75 Å². The van der Waals surface area contributed by atoms with Gasteiger partial charge in [0.2, 0.25) is 5.91 Å². The molecule has 0 radical (unpaired) electrons. The molecule has 4 aromatic rings. The molecule has 138 valence electrons. The summed E-state index contributed by atoms with van der Waals surface area (Å²) in [5.41, 5.74) is 1.35. The number of methoxy groups -OCH3 is 1. The molecule has 27 heavy (non-hydrogen) atoms. The van der Waals surface area contributed by atoms with Crippen molar-refractivity contribution < 1.29 is 13.9 Å².